The minimum absolute atomic E-state index is 0.190. The fourth-order valence-corrected chi connectivity index (χ4v) is 0.714. The molecule has 0 aliphatic rings. The summed E-state index contributed by atoms with van der Waals surface area (Å²) in [4.78, 5) is 0. The summed E-state index contributed by atoms with van der Waals surface area (Å²) in [6.45, 7) is 6.17. The van der Waals surface area contributed by atoms with Crippen molar-refractivity contribution >= 4 is 0 Å². The first-order chi connectivity index (χ1) is 4.16. The molecule has 0 aliphatic heterocycles. The first kappa shape index (κ1) is 8.92. The van der Waals surface area contributed by atoms with Crippen molar-refractivity contribution in [1.29, 1.82) is 0 Å². The normalized spacial score (nSPS) is 14.3. The van der Waals surface area contributed by atoms with E-state index in [0.29, 0.717) is 0 Å². The fraction of sp³-hybridized carbons (Fsp3) is 1.00. The van der Waals surface area contributed by atoms with Gasteiger partial charge in [-0.15, -0.1) is 0 Å². The van der Waals surface area contributed by atoms with Crippen LogP contribution in [0.5, 0.6) is 0 Å². The zero-order valence-electron chi connectivity index (χ0n) is 6.42. The Labute approximate surface area is 56.8 Å². The maximum absolute atomic E-state index is 8.47. The molecule has 0 aromatic carbocycles. The van der Waals surface area contributed by atoms with Crippen LogP contribution in [0.15, 0.2) is 0 Å². The van der Waals surface area contributed by atoms with Gasteiger partial charge < -0.3 is 9.84 Å². The molecule has 1 atom stereocenters. The van der Waals surface area contributed by atoms with Crippen molar-refractivity contribution in [3.8, 4) is 0 Å². The highest BCUT2D eigenvalue weighted by atomic mass is 16.5. The van der Waals surface area contributed by atoms with Crippen LogP contribution in [0.25, 0.3) is 0 Å². The van der Waals surface area contributed by atoms with Gasteiger partial charge in [0.1, 0.15) is 0 Å². The summed E-state index contributed by atoms with van der Waals surface area (Å²) in [5.74, 6) is 0. The first-order valence-electron chi connectivity index (χ1n) is 3.43. The van der Waals surface area contributed by atoms with E-state index in [1.807, 2.05) is 20.8 Å². The van der Waals surface area contributed by atoms with Crippen LogP contribution < -0.4 is 0 Å². The van der Waals surface area contributed by atoms with Crippen LogP contribution in [-0.2, 0) is 4.74 Å². The van der Waals surface area contributed by atoms with E-state index in [9.17, 15) is 0 Å². The van der Waals surface area contributed by atoms with E-state index in [4.69, 9.17) is 9.84 Å². The standard InChI is InChI=1S/C7H16O2/c1-6(2)9-7(3)4-5-8/h6-8H,4-5H2,1-3H3. The quantitative estimate of drug-likeness (QED) is 0.622. The number of ether oxygens (including phenoxy) is 1. The van der Waals surface area contributed by atoms with Gasteiger partial charge in [-0.25, -0.2) is 0 Å². The van der Waals surface area contributed by atoms with Crippen molar-refractivity contribution < 1.29 is 9.84 Å². The molecule has 0 bridgehead atoms. The molecule has 2 nitrogen and oxygen atoms in total. The highest BCUT2D eigenvalue weighted by molar-refractivity contribution is 4.49. The second kappa shape index (κ2) is 4.77. The molecule has 0 fully saturated rings. The van der Waals surface area contributed by atoms with Crippen LogP contribution in [0.1, 0.15) is 27.2 Å². The summed E-state index contributed by atoms with van der Waals surface area (Å²) in [6.07, 6.45) is 1.19. The molecule has 9 heavy (non-hydrogen) atoms. The fourth-order valence-electron chi connectivity index (χ4n) is 0.714. The largest absolute Gasteiger partial charge is 0.396 e. The Kier molecular flexibility index (Phi) is 4.72. The van der Waals surface area contributed by atoms with Crippen LogP contribution in [0.2, 0.25) is 0 Å². The summed E-state index contributed by atoms with van der Waals surface area (Å²) in [7, 11) is 0. The van der Waals surface area contributed by atoms with E-state index in [2.05, 4.69) is 0 Å². The topological polar surface area (TPSA) is 29.5 Å². The molecule has 0 heterocycles. The van der Waals surface area contributed by atoms with Crippen molar-refractivity contribution in [2.75, 3.05) is 6.61 Å². The number of hydrogen-bond acceptors (Lipinski definition) is 2. The molecule has 0 aromatic rings. The van der Waals surface area contributed by atoms with Gasteiger partial charge in [-0.05, 0) is 27.2 Å². The van der Waals surface area contributed by atoms with Gasteiger partial charge in [0.2, 0.25) is 0 Å². The van der Waals surface area contributed by atoms with Crippen LogP contribution >= 0.6 is 0 Å². The minimum atomic E-state index is 0.190. The van der Waals surface area contributed by atoms with E-state index < -0.39 is 0 Å². The molecule has 0 spiro atoms. The smallest absolute Gasteiger partial charge is 0.0572 e. The summed E-state index contributed by atoms with van der Waals surface area (Å²) in [5.41, 5.74) is 0. The zero-order chi connectivity index (χ0) is 7.28. The Morgan fingerprint density at radius 3 is 2.22 bits per heavy atom. The number of rotatable bonds is 4. The van der Waals surface area contributed by atoms with Gasteiger partial charge in [0.05, 0.1) is 12.2 Å². The lowest BCUT2D eigenvalue weighted by Gasteiger charge is -2.13. The molecule has 0 amide bonds. The predicted octanol–water partition coefficient (Wildman–Crippen LogP) is 1.18. The molecule has 2 heteroatoms. The Hall–Kier alpha value is -0.0800. The van der Waals surface area contributed by atoms with Crippen molar-refractivity contribution in [2.24, 2.45) is 0 Å². The van der Waals surface area contributed by atoms with Gasteiger partial charge in [-0.1, -0.05) is 0 Å². The van der Waals surface area contributed by atoms with E-state index in [1.165, 1.54) is 0 Å². The molecule has 1 unspecified atom stereocenters. The Balaban J connectivity index is 3.15. The van der Waals surface area contributed by atoms with Gasteiger partial charge in [0, 0.05) is 6.61 Å². The second-order valence-corrected chi connectivity index (χ2v) is 2.51. The predicted molar refractivity (Wildman–Crippen MR) is 37.4 cm³/mol. The third-order valence-electron chi connectivity index (χ3n) is 1.04. The third-order valence-corrected chi connectivity index (χ3v) is 1.04. The third kappa shape index (κ3) is 5.80. The van der Waals surface area contributed by atoms with E-state index >= 15 is 0 Å². The van der Waals surface area contributed by atoms with E-state index in [0.717, 1.165) is 6.42 Å². The van der Waals surface area contributed by atoms with Gasteiger partial charge in [-0.2, -0.15) is 0 Å². The van der Waals surface area contributed by atoms with Crippen LogP contribution in [0.3, 0.4) is 0 Å². The number of hydrogen-bond donors (Lipinski definition) is 1. The summed E-state index contributed by atoms with van der Waals surface area (Å²) >= 11 is 0. The summed E-state index contributed by atoms with van der Waals surface area (Å²) in [6, 6.07) is 0. The highest BCUT2D eigenvalue weighted by Gasteiger charge is 2.01. The highest BCUT2D eigenvalue weighted by Crippen LogP contribution is 1.99. The SMILES string of the molecule is CC(C)OC(C)CCO. The van der Waals surface area contributed by atoms with Crippen LogP contribution in [0.4, 0.5) is 0 Å². The molecule has 0 saturated carbocycles. The van der Waals surface area contributed by atoms with Crippen molar-refractivity contribution in [1.82, 2.24) is 0 Å². The second-order valence-electron chi connectivity index (χ2n) is 2.51. The van der Waals surface area contributed by atoms with E-state index in [1.54, 1.807) is 0 Å². The van der Waals surface area contributed by atoms with Crippen LogP contribution in [-0.4, -0.2) is 23.9 Å². The lowest BCUT2D eigenvalue weighted by molar-refractivity contribution is 0.00610. The van der Waals surface area contributed by atoms with Crippen molar-refractivity contribution in [2.45, 2.75) is 39.4 Å². The molecular weight excluding hydrogens is 116 g/mol. The molecule has 0 saturated heterocycles. The lowest BCUT2D eigenvalue weighted by Crippen LogP contribution is -2.15. The molecular formula is C7H16O2. The Bertz CT molecular complexity index is 61.9. The molecule has 0 aliphatic carbocycles. The van der Waals surface area contributed by atoms with Gasteiger partial charge in [0.15, 0.2) is 0 Å². The van der Waals surface area contributed by atoms with Crippen molar-refractivity contribution in [3.05, 3.63) is 0 Å². The average molecular weight is 132 g/mol. The zero-order valence-corrected chi connectivity index (χ0v) is 6.42. The minimum Gasteiger partial charge on any atom is -0.396 e. The Morgan fingerprint density at radius 1 is 1.33 bits per heavy atom. The van der Waals surface area contributed by atoms with Gasteiger partial charge in [0.25, 0.3) is 0 Å². The average Bonchev–Trinajstić information content (AvgIpc) is 1.63. The van der Waals surface area contributed by atoms with Crippen molar-refractivity contribution in [3.63, 3.8) is 0 Å². The Morgan fingerprint density at radius 2 is 1.89 bits per heavy atom. The summed E-state index contributed by atoms with van der Waals surface area (Å²) < 4.78 is 5.33. The lowest BCUT2D eigenvalue weighted by atomic mass is 10.3. The molecule has 56 valence electrons. The molecule has 0 aromatic heterocycles. The van der Waals surface area contributed by atoms with Gasteiger partial charge >= 0.3 is 0 Å². The first-order valence-corrected chi connectivity index (χ1v) is 3.43. The van der Waals surface area contributed by atoms with Crippen LogP contribution in [0, 0.1) is 0 Å². The molecule has 1 N–H and O–H groups in total. The molecule has 0 radical (unpaired) electrons. The van der Waals surface area contributed by atoms with Gasteiger partial charge in [-0.3, -0.25) is 0 Å². The number of aliphatic hydroxyl groups excluding tert-OH is 1. The maximum atomic E-state index is 8.47. The van der Waals surface area contributed by atoms with E-state index in [-0.39, 0.29) is 18.8 Å². The molecule has 0 rings (SSSR count). The number of aliphatic hydroxyl groups is 1. The summed E-state index contributed by atoms with van der Waals surface area (Å²) in [5, 5.41) is 8.47. The monoisotopic (exact) mass is 132 g/mol. The maximum Gasteiger partial charge on any atom is 0.0572 e.